The fourth-order valence-electron chi connectivity index (χ4n) is 0.820. The molecule has 0 saturated heterocycles. The van der Waals surface area contributed by atoms with Gasteiger partial charge in [-0.05, 0) is 13.3 Å². The minimum atomic E-state index is -5.16. The molecule has 0 spiro atoms. The number of phosphoric ester groups is 1. The summed E-state index contributed by atoms with van der Waals surface area (Å²) in [5, 5.41) is 9.17. The molecule has 0 bridgehead atoms. The summed E-state index contributed by atoms with van der Waals surface area (Å²) in [5.74, 6) is -0.874. The molecule has 0 aliphatic carbocycles. The molecule has 0 saturated carbocycles. The number of aliphatic hydroxyl groups excluding tert-OH is 1. The van der Waals surface area contributed by atoms with Gasteiger partial charge < -0.3 is 19.4 Å². The molecule has 0 amide bonds. The Kier molecular flexibility index (Phi) is 5.69. The number of hydrogen-bond donors (Lipinski definition) is 4. The van der Waals surface area contributed by atoms with Gasteiger partial charge in [0.05, 0.1) is 0 Å². The predicted molar refractivity (Wildman–Crippen MR) is 54.3 cm³/mol. The van der Waals surface area contributed by atoms with Crippen molar-refractivity contribution in [1.29, 1.82) is 0 Å². The summed E-state index contributed by atoms with van der Waals surface area (Å²) in [7, 11) is -10.2. The molecular formula is C6H14O8P2. The highest BCUT2D eigenvalue weighted by atomic mass is 31.3. The van der Waals surface area contributed by atoms with Crippen molar-refractivity contribution < 1.29 is 37.8 Å². The molecule has 0 aromatic carbocycles. The largest absolute Gasteiger partial charge is 0.538 e. The van der Waals surface area contributed by atoms with Gasteiger partial charge in [0.15, 0.2) is 0 Å². The minimum absolute atomic E-state index is 0.270. The highest BCUT2D eigenvalue weighted by molar-refractivity contribution is 7.60. The van der Waals surface area contributed by atoms with Crippen LogP contribution in [0.15, 0.2) is 11.5 Å². The molecule has 8 nitrogen and oxygen atoms in total. The van der Waals surface area contributed by atoms with Crippen LogP contribution in [0.2, 0.25) is 0 Å². The molecule has 16 heavy (non-hydrogen) atoms. The third kappa shape index (κ3) is 7.00. The maximum absolute atomic E-state index is 11.0. The lowest BCUT2D eigenvalue weighted by molar-refractivity contribution is 0.142. The zero-order chi connectivity index (χ0) is 13.0. The van der Waals surface area contributed by atoms with E-state index in [-0.39, 0.29) is 5.57 Å². The summed E-state index contributed by atoms with van der Waals surface area (Å²) in [6.45, 7) is 3.25. The van der Waals surface area contributed by atoms with Crippen LogP contribution in [0, 0.1) is 0 Å². The maximum atomic E-state index is 11.0. The third-order valence-corrected chi connectivity index (χ3v) is 3.48. The van der Waals surface area contributed by atoms with Crippen molar-refractivity contribution in [3.63, 3.8) is 0 Å². The van der Waals surface area contributed by atoms with E-state index in [1.54, 1.807) is 0 Å². The van der Waals surface area contributed by atoms with E-state index in [9.17, 15) is 14.2 Å². The standard InChI is InChI=1S/C6H14O8P2/c1-3-4-5(2)6(7)13-16(11,12)14-15(8,9)10/h7H,3-4H2,1-2H3,(H,11,12)(H2,8,9,10)/b6-5+. The van der Waals surface area contributed by atoms with Crippen molar-refractivity contribution in [3.05, 3.63) is 11.5 Å². The number of hydrogen-bond acceptors (Lipinski definition) is 5. The second kappa shape index (κ2) is 5.82. The van der Waals surface area contributed by atoms with E-state index in [2.05, 4.69) is 8.83 Å². The molecular weight excluding hydrogens is 262 g/mol. The summed E-state index contributed by atoms with van der Waals surface area (Å²) in [6.07, 6.45) is 1.07. The number of rotatable bonds is 6. The SMILES string of the molecule is CCC/C(C)=C(\O)OP(=O)(O)OP(=O)(O)O. The lowest BCUT2D eigenvalue weighted by Crippen LogP contribution is -1.96. The Morgan fingerprint density at radius 1 is 1.25 bits per heavy atom. The minimum Gasteiger partial charge on any atom is -0.481 e. The van der Waals surface area contributed by atoms with Crippen LogP contribution in [0.5, 0.6) is 0 Å². The van der Waals surface area contributed by atoms with Gasteiger partial charge in [-0.3, -0.25) is 4.89 Å². The Bertz CT molecular complexity index is 356. The quantitative estimate of drug-likeness (QED) is 0.426. The van der Waals surface area contributed by atoms with Gasteiger partial charge in [-0.1, -0.05) is 13.3 Å². The molecule has 0 rings (SSSR count). The molecule has 0 heterocycles. The van der Waals surface area contributed by atoms with Crippen molar-refractivity contribution in [2.75, 3.05) is 0 Å². The Balaban J connectivity index is 4.66. The van der Waals surface area contributed by atoms with Crippen LogP contribution in [0.1, 0.15) is 26.7 Å². The summed E-state index contributed by atoms with van der Waals surface area (Å²) in [5.41, 5.74) is 0.270. The molecule has 0 aromatic heterocycles. The van der Waals surface area contributed by atoms with Gasteiger partial charge in [-0.15, -0.1) is 0 Å². The Hall–Kier alpha value is -0.360. The second-order valence-corrected chi connectivity index (χ2v) is 5.72. The van der Waals surface area contributed by atoms with Crippen LogP contribution < -0.4 is 0 Å². The van der Waals surface area contributed by atoms with Crippen LogP contribution in [0.25, 0.3) is 0 Å². The molecule has 1 unspecified atom stereocenters. The highest BCUT2D eigenvalue weighted by Gasteiger charge is 2.34. The van der Waals surface area contributed by atoms with Crippen molar-refractivity contribution in [2.45, 2.75) is 26.7 Å². The van der Waals surface area contributed by atoms with Gasteiger partial charge in [0.2, 0.25) is 0 Å². The van der Waals surface area contributed by atoms with Crippen LogP contribution in [0.3, 0.4) is 0 Å². The lowest BCUT2D eigenvalue weighted by atomic mass is 10.2. The van der Waals surface area contributed by atoms with Crippen molar-refractivity contribution >= 4 is 15.6 Å². The summed E-state index contributed by atoms with van der Waals surface area (Å²) >= 11 is 0. The van der Waals surface area contributed by atoms with Gasteiger partial charge in [0.1, 0.15) is 0 Å². The van der Waals surface area contributed by atoms with Gasteiger partial charge in [-0.2, -0.15) is 4.31 Å². The van der Waals surface area contributed by atoms with Gasteiger partial charge >= 0.3 is 15.6 Å². The zero-order valence-electron chi connectivity index (χ0n) is 8.73. The summed E-state index contributed by atoms with van der Waals surface area (Å²) in [6, 6.07) is 0. The number of phosphoric acid groups is 2. The van der Waals surface area contributed by atoms with Crippen LogP contribution in [0.4, 0.5) is 0 Å². The van der Waals surface area contributed by atoms with E-state index in [1.807, 2.05) is 6.92 Å². The van der Waals surface area contributed by atoms with Gasteiger partial charge in [0.25, 0.3) is 5.95 Å². The Labute approximate surface area is 92.4 Å². The molecule has 0 fully saturated rings. The monoisotopic (exact) mass is 276 g/mol. The Morgan fingerprint density at radius 2 is 1.75 bits per heavy atom. The van der Waals surface area contributed by atoms with E-state index in [1.165, 1.54) is 6.92 Å². The molecule has 0 aliphatic rings. The van der Waals surface area contributed by atoms with Crippen LogP contribution in [-0.4, -0.2) is 19.8 Å². The van der Waals surface area contributed by atoms with Crippen LogP contribution in [-0.2, 0) is 18.0 Å². The normalized spacial score (nSPS) is 17.6. The van der Waals surface area contributed by atoms with Crippen molar-refractivity contribution in [1.82, 2.24) is 0 Å². The first-order valence-electron chi connectivity index (χ1n) is 4.25. The molecule has 0 aromatic rings. The van der Waals surface area contributed by atoms with E-state index < -0.39 is 21.6 Å². The molecule has 1 atom stereocenters. The molecule has 10 heteroatoms. The molecule has 0 radical (unpaired) electrons. The molecule has 0 aliphatic heterocycles. The van der Waals surface area contributed by atoms with E-state index in [0.717, 1.165) is 0 Å². The average molecular weight is 276 g/mol. The first-order valence-corrected chi connectivity index (χ1v) is 7.28. The average Bonchev–Trinajstić information content (AvgIpc) is 1.98. The highest BCUT2D eigenvalue weighted by Crippen LogP contribution is 2.58. The van der Waals surface area contributed by atoms with Gasteiger partial charge in [-0.25, -0.2) is 9.13 Å². The molecule has 96 valence electrons. The summed E-state index contributed by atoms with van der Waals surface area (Å²) < 4.78 is 28.8. The van der Waals surface area contributed by atoms with Gasteiger partial charge in [0, 0.05) is 5.57 Å². The fourth-order valence-corrected chi connectivity index (χ4v) is 2.40. The van der Waals surface area contributed by atoms with Crippen LogP contribution >= 0.6 is 15.6 Å². The van der Waals surface area contributed by atoms with E-state index >= 15 is 0 Å². The zero-order valence-corrected chi connectivity index (χ0v) is 10.5. The van der Waals surface area contributed by atoms with Crippen molar-refractivity contribution in [3.8, 4) is 0 Å². The topological polar surface area (TPSA) is 134 Å². The lowest BCUT2D eigenvalue weighted by Gasteiger charge is -2.13. The number of allylic oxidation sites excluding steroid dienone is 1. The first kappa shape index (κ1) is 15.6. The fraction of sp³-hybridized carbons (Fsp3) is 0.667. The molecule has 4 N–H and O–H groups in total. The third-order valence-electron chi connectivity index (χ3n) is 1.40. The smallest absolute Gasteiger partial charge is 0.481 e. The second-order valence-electron chi connectivity index (χ2n) is 2.97. The Morgan fingerprint density at radius 3 is 2.12 bits per heavy atom. The predicted octanol–water partition coefficient (Wildman–Crippen LogP) is 1.80. The summed E-state index contributed by atoms with van der Waals surface area (Å²) in [4.78, 5) is 25.4. The maximum Gasteiger partial charge on any atom is 0.538 e. The van der Waals surface area contributed by atoms with E-state index in [0.29, 0.717) is 12.8 Å². The first-order chi connectivity index (χ1) is 7.07. The van der Waals surface area contributed by atoms with E-state index in [4.69, 9.17) is 14.7 Å². The number of aliphatic hydroxyl groups is 1. The van der Waals surface area contributed by atoms with Crippen molar-refractivity contribution in [2.24, 2.45) is 0 Å².